The van der Waals surface area contributed by atoms with E-state index in [1.807, 2.05) is 0 Å². The third-order valence-corrected chi connectivity index (χ3v) is 2.72. The van der Waals surface area contributed by atoms with E-state index in [0.29, 0.717) is 31.0 Å². The van der Waals surface area contributed by atoms with Crippen LogP contribution < -0.4 is 16.4 Å². The van der Waals surface area contributed by atoms with Gasteiger partial charge in [0.2, 0.25) is 5.91 Å². The summed E-state index contributed by atoms with van der Waals surface area (Å²) < 4.78 is 0. The molecule has 0 radical (unpaired) electrons. The van der Waals surface area contributed by atoms with Crippen molar-refractivity contribution in [2.45, 2.75) is 50.6 Å². The number of amides is 1. The standard InChI is InChI=1S/C11H20N4O.HI/c12-11(15-9-5-6-9)13-7-1-2-10(16)14-8-3-4-8;/h8-9H,1-7H2,(H,14,16)(H3,12,13,15);1H. The minimum absolute atomic E-state index is 0. The fourth-order valence-corrected chi connectivity index (χ4v) is 1.45. The number of hydrogen-bond acceptors (Lipinski definition) is 2. The lowest BCUT2D eigenvalue weighted by Gasteiger charge is -2.03. The Bertz CT molecular complexity index is 287. The average Bonchev–Trinajstić information content (AvgIpc) is 3.08. The maximum atomic E-state index is 11.3. The zero-order valence-corrected chi connectivity index (χ0v) is 12.3. The molecule has 0 aromatic heterocycles. The van der Waals surface area contributed by atoms with Gasteiger partial charge in [0, 0.05) is 25.0 Å². The van der Waals surface area contributed by atoms with Crippen molar-refractivity contribution in [1.29, 1.82) is 0 Å². The number of rotatable bonds is 6. The summed E-state index contributed by atoms with van der Waals surface area (Å²) in [6.45, 7) is 0.629. The molecule has 2 aliphatic rings. The fraction of sp³-hybridized carbons (Fsp3) is 0.818. The number of guanidine groups is 1. The molecule has 2 fully saturated rings. The van der Waals surface area contributed by atoms with Crippen LogP contribution in [0, 0.1) is 0 Å². The number of nitrogens with zero attached hydrogens (tertiary/aromatic N) is 1. The molecule has 0 saturated heterocycles. The lowest BCUT2D eigenvalue weighted by molar-refractivity contribution is -0.121. The smallest absolute Gasteiger partial charge is 0.220 e. The molecule has 0 aliphatic heterocycles. The van der Waals surface area contributed by atoms with Crippen LogP contribution in [0.25, 0.3) is 0 Å². The number of nitrogens with two attached hydrogens (primary N) is 1. The molecule has 2 rings (SSSR count). The topological polar surface area (TPSA) is 79.5 Å². The fourth-order valence-electron chi connectivity index (χ4n) is 1.45. The minimum atomic E-state index is 0. The van der Waals surface area contributed by atoms with Gasteiger partial charge in [-0.05, 0) is 32.1 Å². The number of nitrogens with one attached hydrogen (secondary N) is 2. The Labute approximate surface area is 119 Å². The van der Waals surface area contributed by atoms with Crippen LogP contribution in [0.1, 0.15) is 38.5 Å². The molecule has 0 heterocycles. The van der Waals surface area contributed by atoms with Crippen LogP contribution in [0.4, 0.5) is 0 Å². The van der Waals surface area contributed by atoms with Crippen molar-refractivity contribution in [3.05, 3.63) is 0 Å². The number of aliphatic imine (C=N–C) groups is 1. The first-order valence-corrected chi connectivity index (χ1v) is 6.10. The number of hydrogen-bond donors (Lipinski definition) is 3. The molecular formula is C11H21IN4O. The summed E-state index contributed by atoms with van der Waals surface area (Å²) in [5, 5.41) is 6.06. The van der Waals surface area contributed by atoms with Crippen molar-refractivity contribution in [3.8, 4) is 0 Å². The predicted octanol–water partition coefficient (Wildman–Crippen LogP) is 0.730. The predicted molar refractivity (Wildman–Crippen MR) is 78.5 cm³/mol. The van der Waals surface area contributed by atoms with Crippen LogP contribution >= 0.6 is 24.0 Å². The van der Waals surface area contributed by atoms with E-state index in [1.54, 1.807) is 0 Å². The van der Waals surface area contributed by atoms with Crippen LogP contribution in [0.5, 0.6) is 0 Å². The van der Waals surface area contributed by atoms with Gasteiger partial charge in [-0.1, -0.05) is 0 Å². The second-order valence-electron chi connectivity index (χ2n) is 4.63. The van der Waals surface area contributed by atoms with Crippen molar-refractivity contribution < 1.29 is 4.79 Å². The lowest BCUT2D eigenvalue weighted by Crippen LogP contribution is -2.33. The molecule has 5 nitrogen and oxygen atoms in total. The summed E-state index contributed by atoms with van der Waals surface area (Å²) >= 11 is 0. The van der Waals surface area contributed by atoms with E-state index in [2.05, 4.69) is 15.6 Å². The SMILES string of the molecule is I.NC(=NCCCC(=O)NC1CC1)NC1CC1. The van der Waals surface area contributed by atoms with E-state index in [9.17, 15) is 4.79 Å². The van der Waals surface area contributed by atoms with Crippen LogP contribution in [-0.4, -0.2) is 30.5 Å². The summed E-state index contributed by atoms with van der Waals surface area (Å²) in [5.41, 5.74) is 5.66. The van der Waals surface area contributed by atoms with Crippen LogP contribution in [0.15, 0.2) is 4.99 Å². The highest BCUT2D eigenvalue weighted by Gasteiger charge is 2.23. The van der Waals surface area contributed by atoms with Gasteiger partial charge >= 0.3 is 0 Å². The molecule has 4 N–H and O–H groups in total. The highest BCUT2D eigenvalue weighted by atomic mass is 127. The second kappa shape index (κ2) is 7.03. The normalized spacial score (nSPS) is 19.4. The summed E-state index contributed by atoms with van der Waals surface area (Å²) in [7, 11) is 0. The molecule has 6 heteroatoms. The summed E-state index contributed by atoms with van der Waals surface area (Å²) in [6, 6.07) is 1.000. The third kappa shape index (κ3) is 6.70. The van der Waals surface area contributed by atoms with E-state index in [4.69, 9.17) is 5.73 Å². The maximum Gasteiger partial charge on any atom is 0.220 e. The molecule has 0 aromatic carbocycles. The van der Waals surface area contributed by atoms with Gasteiger partial charge in [-0.3, -0.25) is 9.79 Å². The Morgan fingerprint density at radius 2 is 1.76 bits per heavy atom. The van der Waals surface area contributed by atoms with Crippen LogP contribution in [0.2, 0.25) is 0 Å². The Balaban J connectivity index is 0.00000144. The van der Waals surface area contributed by atoms with Gasteiger partial charge in [0.25, 0.3) is 0 Å². The molecule has 0 atom stereocenters. The van der Waals surface area contributed by atoms with Gasteiger partial charge in [0.1, 0.15) is 0 Å². The minimum Gasteiger partial charge on any atom is -0.370 e. The first-order chi connectivity index (χ1) is 7.74. The Kier molecular flexibility index (Phi) is 6.01. The second-order valence-corrected chi connectivity index (χ2v) is 4.63. The number of halogens is 1. The zero-order chi connectivity index (χ0) is 11.4. The molecule has 0 spiro atoms. The monoisotopic (exact) mass is 352 g/mol. The van der Waals surface area contributed by atoms with Crippen molar-refractivity contribution in [1.82, 2.24) is 10.6 Å². The average molecular weight is 352 g/mol. The number of carbonyl (C=O) groups is 1. The first kappa shape index (κ1) is 14.5. The largest absolute Gasteiger partial charge is 0.370 e. The Morgan fingerprint density at radius 3 is 2.35 bits per heavy atom. The Morgan fingerprint density at radius 1 is 1.18 bits per heavy atom. The summed E-state index contributed by atoms with van der Waals surface area (Å²) in [5.74, 6) is 0.663. The van der Waals surface area contributed by atoms with E-state index < -0.39 is 0 Å². The molecule has 0 unspecified atom stereocenters. The lowest BCUT2D eigenvalue weighted by atomic mass is 10.3. The summed E-state index contributed by atoms with van der Waals surface area (Å²) in [4.78, 5) is 15.5. The Hall–Kier alpha value is -0.530. The first-order valence-electron chi connectivity index (χ1n) is 6.10. The van der Waals surface area contributed by atoms with Crippen molar-refractivity contribution in [3.63, 3.8) is 0 Å². The van der Waals surface area contributed by atoms with E-state index in [0.717, 1.165) is 19.3 Å². The van der Waals surface area contributed by atoms with Crippen molar-refractivity contribution >= 4 is 35.8 Å². The molecule has 98 valence electrons. The molecule has 1 amide bonds. The van der Waals surface area contributed by atoms with E-state index in [-0.39, 0.29) is 29.9 Å². The molecule has 2 aliphatic carbocycles. The molecular weight excluding hydrogens is 331 g/mol. The van der Waals surface area contributed by atoms with Gasteiger partial charge in [-0.15, -0.1) is 24.0 Å². The number of carbonyl (C=O) groups excluding carboxylic acids is 1. The van der Waals surface area contributed by atoms with Gasteiger partial charge in [-0.2, -0.15) is 0 Å². The maximum absolute atomic E-state index is 11.3. The molecule has 2 saturated carbocycles. The van der Waals surface area contributed by atoms with Gasteiger partial charge in [0.05, 0.1) is 0 Å². The molecule has 17 heavy (non-hydrogen) atoms. The van der Waals surface area contributed by atoms with Crippen molar-refractivity contribution in [2.75, 3.05) is 6.54 Å². The van der Waals surface area contributed by atoms with Crippen LogP contribution in [-0.2, 0) is 4.79 Å². The van der Waals surface area contributed by atoms with Crippen molar-refractivity contribution in [2.24, 2.45) is 10.7 Å². The zero-order valence-electron chi connectivity index (χ0n) is 9.95. The van der Waals surface area contributed by atoms with Gasteiger partial charge < -0.3 is 16.4 Å². The molecule has 0 aromatic rings. The third-order valence-electron chi connectivity index (χ3n) is 2.72. The summed E-state index contributed by atoms with van der Waals surface area (Å²) in [6.07, 6.45) is 5.99. The van der Waals surface area contributed by atoms with Gasteiger partial charge in [0.15, 0.2) is 5.96 Å². The highest BCUT2D eigenvalue weighted by Crippen LogP contribution is 2.19. The van der Waals surface area contributed by atoms with Crippen LogP contribution in [0.3, 0.4) is 0 Å². The van der Waals surface area contributed by atoms with E-state index >= 15 is 0 Å². The molecule has 0 bridgehead atoms. The van der Waals surface area contributed by atoms with E-state index in [1.165, 1.54) is 12.8 Å². The van der Waals surface area contributed by atoms with Gasteiger partial charge in [-0.25, -0.2) is 0 Å². The highest BCUT2D eigenvalue weighted by molar-refractivity contribution is 14.0. The quantitative estimate of drug-likeness (QED) is 0.285.